The van der Waals surface area contributed by atoms with Gasteiger partial charge < -0.3 is 21.9 Å². The van der Waals surface area contributed by atoms with Crippen molar-refractivity contribution in [2.75, 3.05) is 0 Å². The molecule has 7 N–H and O–H groups in total. The Morgan fingerprint density at radius 2 is 1.62 bits per heavy atom. The summed E-state index contributed by atoms with van der Waals surface area (Å²) in [6, 6.07) is 6.16. The maximum absolute atomic E-state index is 12.8. The Hall–Kier alpha value is -2.94. The zero-order valence-electron chi connectivity index (χ0n) is 16.8. The van der Waals surface area contributed by atoms with Gasteiger partial charge in [-0.25, -0.2) is 0 Å². The normalized spacial score (nSPS) is 14.0. The number of carbonyl (C=O) groups excluding carboxylic acids is 3. The first-order valence-corrected chi connectivity index (χ1v) is 9.50. The molecule has 29 heavy (non-hydrogen) atoms. The molecule has 160 valence electrons. The van der Waals surface area contributed by atoms with Gasteiger partial charge in [-0.2, -0.15) is 0 Å². The van der Waals surface area contributed by atoms with Gasteiger partial charge in [0.15, 0.2) is 0 Å². The van der Waals surface area contributed by atoms with E-state index in [0.29, 0.717) is 6.42 Å². The Kier molecular flexibility index (Phi) is 9.81. The number of primary amides is 2. The van der Waals surface area contributed by atoms with Crippen molar-refractivity contribution in [2.24, 2.45) is 17.4 Å². The molecule has 0 saturated heterocycles. The summed E-state index contributed by atoms with van der Waals surface area (Å²) >= 11 is 0. The largest absolute Gasteiger partial charge is 0.480 e. The van der Waals surface area contributed by atoms with Crippen LogP contribution in [0.4, 0.5) is 0 Å². The van der Waals surface area contributed by atoms with Crippen LogP contribution in [0.3, 0.4) is 0 Å². The summed E-state index contributed by atoms with van der Waals surface area (Å²) in [5.74, 6) is -2.95. The third-order valence-corrected chi connectivity index (χ3v) is 4.35. The number of benzene rings is 1. The van der Waals surface area contributed by atoms with Crippen LogP contribution < -0.4 is 22.1 Å². The second-order valence-corrected chi connectivity index (χ2v) is 7.40. The highest BCUT2D eigenvalue weighted by Crippen LogP contribution is 2.10. The van der Waals surface area contributed by atoms with E-state index in [2.05, 4.69) is 10.6 Å². The van der Waals surface area contributed by atoms with Crippen LogP contribution in [0.2, 0.25) is 0 Å². The highest BCUT2D eigenvalue weighted by Gasteiger charge is 2.29. The number of hydrogen-bond acceptors (Lipinski definition) is 5. The molecule has 0 aromatic heterocycles. The Morgan fingerprint density at radius 3 is 2.10 bits per heavy atom. The van der Waals surface area contributed by atoms with Crippen molar-refractivity contribution in [2.45, 2.75) is 57.7 Å². The molecule has 1 unspecified atom stereocenters. The molecule has 0 aliphatic heterocycles. The van der Waals surface area contributed by atoms with Gasteiger partial charge in [0.2, 0.25) is 17.7 Å². The lowest BCUT2D eigenvalue weighted by Gasteiger charge is -2.26. The van der Waals surface area contributed by atoms with E-state index >= 15 is 0 Å². The molecule has 9 heteroatoms. The fourth-order valence-electron chi connectivity index (χ4n) is 2.87. The molecular weight excluding hydrogens is 376 g/mol. The van der Waals surface area contributed by atoms with Gasteiger partial charge in [-0.15, -0.1) is 0 Å². The molecule has 9 nitrogen and oxygen atoms in total. The van der Waals surface area contributed by atoms with E-state index in [1.165, 1.54) is 0 Å². The highest BCUT2D eigenvalue weighted by atomic mass is 16.4. The molecule has 0 spiro atoms. The lowest BCUT2D eigenvalue weighted by Crippen LogP contribution is -2.56. The van der Waals surface area contributed by atoms with Crippen LogP contribution in [-0.4, -0.2) is 46.9 Å². The summed E-state index contributed by atoms with van der Waals surface area (Å²) in [6.07, 6.45) is 0.386. The summed E-state index contributed by atoms with van der Waals surface area (Å²) in [7, 11) is 0. The number of hydrogen-bond donors (Lipinski definition) is 5. The molecule has 1 aromatic carbocycles. The molecule has 1 aromatic rings. The molecule has 0 heterocycles. The van der Waals surface area contributed by atoms with E-state index in [-0.39, 0.29) is 25.2 Å². The van der Waals surface area contributed by atoms with Crippen LogP contribution in [-0.2, 0) is 25.6 Å². The Balaban J connectivity index is 2.90. The minimum atomic E-state index is -1.19. The summed E-state index contributed by atoms with van der Waals surface area (Å²) in [5.41, 5.74) is 11.4. The zero-order valence-corrected chi connectivity index (χ0v) is 16.8. The van der Waals surface area contributed by atoms with E-state index in [1.807, 2.05) is 44.2 Å². The number of rotatable bonds is 13. The Labute approximate surface area is 170 Å². The third-order valence-electron chi connectivity index (χ3n) is 4.35. The van der Waals surface area contributed by atoms with E-state index in [0.717, 1.165) is 5.56 Å². The predicted octanol–water partition coefficient (Wildman–Crippen LogP) is -0.0778. The standard InChI is InChI=1S/C20H30N4O5/c1-12(2)10-16(23-14(20(28)29)8-9-17(21)25)19(27)24-15(18(22)26)11-13-6-4-3-5-7-13/h3-7,12,14-16,23H,8-11H2,1-2H3,(H2,21,25)(H2,22,26)(H,24,27)(H,28,29)/t14-,15+,16?/m1/s1. The van der Waals surface area contributed by atoms with Gasteiger partial charge in [-0.3, -0.25) is 24.5 Å². The van der Waals surface area contributed by atoms with Crippen molar-refractivity contribution in [1.82, 2.24) is 10.6 Å². The molecule has 0 fully saturated rings. The lowest BCUT2D eigenvalue weighted by atomic mass is 9.99. The van der Waals surface area contributed by atoms with Crippen LogP contribution >= 0.6 is 0 Å². The van der Waals surface area contributed by atoms with Crippen molar-refractivity contribution < 1.29 is 24.3 Å². The van der Waals surface area contributed by atoms with Crippen molar-refractivity contribution in [3.63, 3.8) is 0 Å². The topological polar surface area (TPSA) is 165 Å². The van der Waals surface area contributed by atoms with Crippen molar-refractivity contribution >= 4 is 23.7 Å². The van der Waals surface area contributed by atoms with Gasteiger partial charge >= 0.3 is 5.97 Å². The Morgan fingerprint density at radius 1 is 1.00 bits per heavy atom. The van der Waals surface area contributed by atoms with Crippen LogP contribution in [0.5, 0.6) is 0 Å². The summed E-state index contributed by atoms with van der Waals surface area (Å²) in [5, 5.41) is 14.8. The number of nitrogens with one attached hydrogen (secondary N) is 2. The summed E-state index contributed by atoms with van der Waals surface area (Å²) < 4.78 is 0. The average molecular weight is 406 g/mol. The molecule has 0 radical (unpaired) electrons. The number of carboxylic acid groups (broad SMARTS) is 1. The minimum absolute atomic E-state index is 0.0458. The van der Waals surface area contributed by atoms with E-state index in [9.17, 15) is 24.3 Å². The second kappa shape index (κ2) is 11.8. The lowest BCUT2D eigenvalue weighted by molar-refractivity contribution is -0.140. The van der Waals surface area contributed by atoms with Gasteiger partial charge in [0, 0.05) is 12.8 Å². The first kappa shape index (κ1) is 24.1. The number of carbonyl (C=O) groups is 4. The third kappa shape index (κ3) is 9.20. The predicted molar refractivity (Wildman–Crippen MR) is 108 cm³/mol. The molecule has 0 aliphatic carbocycles. The minimum Gasteiger partial charge on any atom is -0.480 e. The monoisotopic (exact) mass is 406 g/mol. The Bertz CT molecular complexity index is 708. The SMILES string of the molecule is CC(C)CC(N[C@H](CCC(N)=O)C(=O)O)C(=O)N[C@@H](Cc1ccccc1)C(N)=O. The smallest absolute Gasteiger partial charge is 0.320 e. The molecule has 3 atom stereocenters. The first-order valence-electron chi connectivity index (χ1n) is 9.50. The number of nitrogens with two attached hydrogens (primary N) is 2. The molecule has 0 aliphatic rings. The van der Waals surface area contributed by atoms with Gasteiger partial charge in [-0.1, -0.05) is 44.2 Å². The molecule has 0 bridgehead atoms. The van der Waals surface area contributed by atoms with E-state index in [1.54, 1.807) is 0 Å². The number of aliphatic carboxylic acids is 1. The molecular formula is C20H30N4O5. The fraction of sp³-hybridized carbons (Fsp3) is 0.500. The maximum atomic E-state index is 12.8. The van der Waals surface area contributed by atoms with Gasteiger partial charge in [-0.05, 0) is 24.3 Å². The van der Waals surface area contributed by atoms with Crippen LogP contribution in [0.15, 0.2) is 30.3 Å². The summed E-state index contributed by atoms with van der Waals surface area (Å²) in [4.78, 5) is 47.1. The van der Waals surface area contributed by atoms with Crippen molar-refractivity contribution in [3.8, 4) is 0 Å². The molecule has 3 amide bonds. The van der Waals surface area contributed by atoms with Crippen LogP contribution in [0, 0.1) is 5.92 Å². The maximum Gasteiger partial charge on any atom is 0.320 e. The van der Waals surface area contributed by atoms with Gasteiger partial charge in [0.05, 0.1) is 6.04 Å². The second-order valence-electron chi connectivity index (χ2n) is 7.40. The summed E-state index contributed by atoms with van der Waals surface area (Å²) in [6.45, 7) is 3.77. The number of carboxylic acids is 1. The van der Waals surface area contributed by atoms with E-state index in [4.69, 9.17) is 11.5 Å². The first-order chi connectivity index (χ1) is 13.6. The molecule has 0 saturated carbocycles. The van der Waals surface area contributed by atoms with Crippen molar-refractivity contribution in [3.05, 3.63) is 35.9 Å². The number of amides is 3. The highest BCUT2D eigenvalue weighted by molar-refractivity contribution is 5.89. The zero-order chi connectivity index (χ0) is 22.0. The van der Waals surface area contributed by atoms with Gasteiger partial charge in [0.25, 0.3) is 0 Å². The average Bonchev–Trinajstić information content (AvgIpc) is 2.63. The fourth-order valence-corrected chi connectivity index (χ4v) is 2.87. The van der Waals surface area contributed by atoms with Crippen LogP contribution in [0.25, 0.3) is 0 Å². The quantitative estimate of drug-likeness (QED) is 0.307. The van der Waals surface area contributed by atoms with Crippen molar-refractivity contribution in [1.29, 1.82) is 0 Å². The molecule has 1 rings (SSSR count). The van der Waals surface area contributed by atoms with Gasteiger partial charge in [0.1, 0.15) is 12.1 Å². The van der Waals surface area contributed by atoms with E-state index < -0.39 is 41.8 Å². The van der Waals surface area contributed by atoms with Crippen LogP contribution in [0.1, 0.15) is 38.7 Å².